The van der Waals surface area contributed by atoms with Gasteiger partial charge in [-0.15, -0.1) is 0 Å². The second kappa shape index (κ2) is 4.71. The van der Waals surface area contributed by atoms with Gasteiger partial charge in [-0.25, -0.2) is 0 Å². The molecule has 0 aliphatic heterocycles. The Hall–Kier alpha value is -0.670. The SMILES string of the molecule is COc1cc(C)c(C)cc1C(N)CS. The molecular weight excluding hydrogens is 194 g/mol. The molecule has 0 spiro atoms. The van der Waals surface area contributed by atoms with Gasteiger partial charge in [0, 0.05) is 17.4 Å². The number of benzene rings is 1. The fourth-order valence-corrected chi connectivity index (χ4v) is 1.57. The highest BCUT2D eigenvalue weighted by atomic mass is 32.1. The van der Waals surface area contributed by atoms with Crippen LogP contribution in [-0.2, 0) is 0 Å². The van der Waals surface area contributed by atoms with Crippen molar-refractivity contribution in [3.63, 3.8) is 0 Å². The number of hydrogen-bond acceptors (Lipinski definition) is 3. The first kappa shape index (κ1) is 11.4. The van der Waals surface area contributed by atoms with Gasteiger partial charge in [-0.2, -0.15) is 12.6 Å². The van der Waals surface area contributed by atoms with Crippen LogP contribution in [0.2, 0.25) is 0 Å². The van der Waals surface area contributed by atoms with Gasteiger partial charge in [-0.3, -0.25) is 0 Å². The Morgan fingerprint density at radius 1 is 1.36 bits per heavy atom. The van der Waals surface area contributed by atoms with Crippen LogP contribution in [0.25, 0.3) is 0 Å². The fraction of sp³-hybridized carbons (Fsp3) is 0.455. The minimum atomic E-state index is -0.0624. The van der Waals surface area contributed by atoms with E-state index in [1.807, 2.05) is 6.07 Å². The molecule has 0 fully saturated rings. The van der Waals surface area contributed by atoms with Crippen LogP contribution in [0.15, 0.2) is 12.1 Å². The van der Waals surface area contributed by atoms with Crippen molar-refractivity contribution in [2.75, 3.05) is 12.9 Å². The number of ether oxygens (including phenoxy) is 1. The van der Waals surface area contributed by atoms with Gasteiger partial charge in [-0.05, 0) is 31.0 Å². The van der Waals surface area contributed by atoms with Crippen LogP contribution in [0.3, 0.4) is 0 Å². The number of methoxy groups -OCH3 is 1. The Labute approximate surface area is 90.9 Å². The zero-order chi connectivity index (χ0) is 10.7. The minimum absolute atomic E-state index is 0.0624. The molecule has 2 nitrogen and oxygen atoms in total. The maximum absolute atomic E-state index is 5.93. The lowest BCUT2D eigenvalue weighted by atomic mass is 10.0. The van der Waals surface area contributed by atoms with E-state index in [2.05, 4.69) is 32.5 Å². The molecule has 0 bridgehead atoms. The normalized spacial score (nSPS) is 12.6. The van der Waals surface area contributed by atoms with Crippen LogP contribution in [0.4, 0.5) is 0 Å². The van der Waals surface area contributed by atoms with Crippen molar-refractivity contribution in [2.24, 2.45) is 5.73 Å². The number of thiol groups is 1. The quantitative estimate of drug-likeness (QED) is 0.752. The fourth-order valence-electron chi connectivity index (χ4n) is 1.38. The van der Waals surface area contributed by atoms with Crippen molar-refractivity contribution >= 4 is 12.6 Å². The third kappa shape index (κ3) is 2.22. The lowest BCUT2D eigenvalue weighted by Gasteiger charge is -2.15. The molecular formula is C11H17NOS. The lowest BCUT2D eigenvalue weighted by Crippen LogP contribution is -2.13. The zero-order valence-electron chi connectivity index (χ0n) is 8.87. The summed E-state index contributed by atoms with van der Waals surface area (Å²) in [5.74, 6) is 1.48. The molecule has 78 valence electrons. The predicted molar refractivity (Wildman–Crippen MR) is 63.2 cm³/mol. The van der Waals surface area contributed by atoms with E-state index in [4.69, 9.17) is 10.5 Å². The summed E-state index contributed by atoms with van der Waals surface area (Å²) in [6.07, 6.45) is 0. The molecule has 1 aromatic carbocycles. The van der Waals surface area contributed by atoms with Gasteiger partial charge in [0.1, 0.15) is 5.75 Å². The molecule has 1 rings (SSSR count). The van der Waals surface area contributed by atoms with Crippen LogP contribution in [-0.4, -0.2) is 12.9 Å². The average molecular weight is 211 g/mol. The highest BCUT2D eigenvalue weighted by molar-refractivity contribution is 7.80. The number of hydrogen-bond donors (Lipinski definition) is 2. The molecule has 1 atom stereocenters. The van der Waals surface area contributed by atoms with Gasteiger partial charge in [0.05, 0.1) is 7.11 Å². The van der Waals surface area contributed by atoms with Gasteiger partial charge in [0.2, 0.25) is 0 Å². The topological polar surface area (TPSA) is 35.2 Å². The summed E-state index contributed by atoms with van der Waals surface area (Å²) < 4.78 is 5.29. The van der Waals surface area contributed by atoms with E-state index in [1.165, 1.54) is 11.1 Å². The first-order valence-electron chi connectivity index (χ1n) is 4.61. The van der Waals surface area contributed by atoms with Crippen molar-refractivity contribution in [3.8, 4) is 5.75 Å². The smallest absolute Gasteiger partial charge is 0.123 e. The second-order valence-electron chi connectivity index (χ2n) is 3.47. The average Bonchev–Trinajstić information content (AvgIpc) is 2.20. The van der Waals surface area contributed by atoms with Crippen molar-refractivity contribution < 1.29 is 4.74 Å². The highest BCUT2D eigenvalue weighted by Crippen LogP contribution is 2.27. The van der Waals surface area contributed by atoms with E-state index in [0.29, 0.717) is 5.75 Å². The van der Waals surface area contributed by atoms with Gasteiger partial charge in [0.15, 0.2) is 0 Å². The molecule has 2 N–H and O–H groups in total. The Morgan fingerprint density at radius 2 is 1.93 bits per heavy atom. The van der Waals surface area contributed by atoms with Crippen LogP contribution in [0.5, 0.6) is 5.75 Å². The first-order chi connectivity index (χ1) is 6.60. The molecule has 1 unspecified atom stereocenters. The minimum Gasteiger partial charge on any atom is -0.496 e. The van der Waals surface area contributed by atoms with Crippen molar-refractivity contribution in [2.45, 2.75) is 19.9 Å². The maximum atomic E-state index is 5.93. The Kier molecular flexibility index (Phi) is 3.84. The molecule has 0 aliphatic carbocycles. The third-order valence-corrected chi connectivity index (χ3v) is 2.84. The molecule has 0 saturated carbocycles. The highest BCUT2D eigenvalue weighted by Gasteiger charge is 2.11. The van der Waals surface area contributed by atoms with Crippen LogP contribution in [0.1, 0.15) is 22.7 Å². The van der Waals surface area contributed by atoms with Crippen LogP contribution in [0, 0.1) is 13.8 Å². The van der Waals surface area contributed by atoms with E-state index < -0.39 is 0 Å². The third-order valence-electron chi connectivity index (χ3n) is 2.44. The molecule has 0 amide bonds. The second-order valence-corrected chi connectivity index (χ2v) is 3.83. The first-order valence-corrected chi connectivity index (χ1v) is 5.25. The molecule has 14 heavy (non-hydrogen) atoms. The molecule has 0 aromatic heterocycles. The number of aryl methyl sites for hydroxylation is 2. The van der Waals surface area contributed by atoms with Gasteiger partial charge >= 0.3 is 0 Å². The van der Waals surface area contributed by atoms with Crippen molar-refractivity contribution in [1.82, 2.24) is 0 Å². The standard InChI is InChI=1S/C11H17NOS/c1-7-4-9(10(12)6-14)11(13-3)5-8(7)2/h4-5,10,14H,6,12H2,1-3H3. The van der Waals surface area contributed by atoms with Gasteiger partial charge in [-0.1, -0.05) is 6.07 Å². The number of nitrogens with two attached hydrogens (primary N) is 1. The zero-order valence-corrected chi connectivity index (χ0v) is 9.77. The predicted octanol–water partition coefficient (Wildman–Crippen LogP) is 2.24. The summed E-state index contributed by atoms with van der Waals surface area (Å²) in [7, 11) is 1.67. The summed E-state index contributed by atoms with van der Waals surface area (Å²) in [6, 6.07) is 4.04. The van der Waals surface area contributed by atoms with Crippen molar-refractivity contribution in [1.29, 1.82) is 0 Å². The summed E-state index contributed by atoms with van der Waals surface area (Å²) in [4.78, 5) is 0. The van der Waals surface area contributed by atoms with Crippen LogP contribution >= 0.6 is 12.6 Å². The molecule has 1 aromatic rings. The van der Waals surface area contributed by atoms with E-state index in [-0.39, 0.29) is 6.04 Å². The summed E-state index contributed by atoms with van der Waals surface area (Å²) in [5.41, 5.74) is 9.42. The van der Waals surface area contributed by atoms with E-state index in [0.717, 1.165) is 11.3 Å². The Morgan fingerprint density at radius 3 is 2.43 bits per heavy atom. The Balaban J connectivity index is 3.19. The summed E-state index contributed by atoms with van der Waals surface area (Å²) in [6.45, 7) is 4.14. The summed E-state index contributed by atoms with van der Waals surface area (Å²) in [5, 5.41) is 0. The van der Waals surface area contributed by atoms with E-state index >= 15 is 0 Å². The van der Waals surface area contributed by atoms with Gasteiger partial charge in [0.25, 0.3) is 0 Å². The monoisotopic (exact) mass is 211 g/mol. The van der Waals surface area contributed by atoms with Crippen LogP contribution < -0.4 is 10.5 Å². The maximum Gasteiger partial charge on any atom is 0.123 e. The van der Waals surface area contributed by atoms with Gasteiger partial charge < -0.3 is 10.5 Å². The van der Waals surface area contributed by atoms with Crippen molar-refractivity contribution in [3.05, 3.63) is 28.8 Å². The molecule has 0 radical (unpaired) electrons. The molecule has 0 aliphatic rings. The summed E-state index contributed by atoms with van der Waals surface area (Å²) >= 11 is 4.19. The van der Waals surface area contributed by atoms with E-state index in [9.17, 15) is 0 Å². The molecule has 0 saturated heterocycles. The largest absolute Gasteiger partial charge is 0.496 e. The molecule has 3 heteroatoms. The van der Waals surface area contributed by atoms with E-state index in [1.54, 1.807) is 7.11 Å². The number of rotatable bonds is 3. The lowest BCUT2D eigenvalue weighted by molar-refractivity contribution is 0.406. The Bertz CT molecular complexity index is 325. The molecule has 0 heterocycles.